The first-order valence-corrected chi connectivity index (χ1v) is 4.40. The van der Waals surface area contributed by atoms with Gasteiger partial charge < -0.3 is 0 Å². The van der Waals surface area contributed by atoms with Crippen molar-refractivity contribution in [2.45, 2.75) is 6.43 Å². The highest BCUT2D eigenvalue weighted by molar-refractivity contribution is 9.11. The molecule has 0 bridgehead atoms. The summed E-state index contributed by atoms with van der Waals surface area (Å²) < 4.78 is 37.0. The van der Waals surface area contributed by atoms with Gasteiger partial charge in [-0.2, -0.15) is 0 Å². The van der Waals surface area contributed by atoms with Crippen molar-refractivity contribution in [3.8, 4) is 0 Å². The van der Waals surface area contributed by atoms with E-state index in [1.165, 1.54) is 0 Å². The number of pyridine rings is 1. The Morgan fingerprint density at radius 2 is 1.92 bits per heavy atom. The first-order valence-electron chi connectivity index (χ1n) is 2.82. The number of aromatic nitrogens is 1. The van der Waals surface area contributed by atoms with Gasteiger partial charge in [-0.05, 0) is 31.9 Å². The molecule has 1 aromatic heterocycles. The molecule has 1 rings (SSSR count). The second-order valence-electron chi connectivity index (χ2n) is 1.93. The zero-order valence-corrected chi connectivity index (χ0v) is 8.66. The Bertz CT molecular complexity index is 280. The normalized spacial score (nSPS) is 10.8. The van der Waals surface area contributed by atoms with Gasteiger partial charge >= 0.3 is 0 Å². The highest BCUT2D eigenvalue weighted by Crippen LogP contribution is 2.29. The molecule has 0 amide bonds. The van der Waals surface area contributed by atoms with Gasteiger partial charge in [0, 0.05) is 6.07 Å². The van der Waals surface area contributed by atoms with E-state index in [9.17, 15) is 13.2 Å². The Kier molecular flexibility index (Phi) is 3.11. The smallest absolute Gasteiger partial charge is 0.233 e. The molecule has 0 saturated carbocycles. The summed E-state index contributed by atoms with van der Waals surface area (Å²) in [5, 5.41) is 0. The molecular formula is C6H2Br2F3N. The lowest BCUT2D eigenvalue weighted by Gasteiger charge is -2.03. The third-order valence-corrected chi connectivity index (χ3v) is 2.16. The predicted molar refractivity (Wildman–Crippen MR) is 44.6 cm³/mol. The van der Waals surface area contributed by atoms with Gasteiger partial charge in [0.2, 0.25) is 0 Å². The molecule has 0 atom stereocenters. The number of hydrogen-bond acceptors (Lipinski definition) is 1. The van der Waals surface area contributed by atoms with Crippen LogP contribution in [0.4, 0.5) is 13.2 Å². The molecule has 0 aliphatic carbocycles. The number of halogens is 5. The van der Waals surface area contributed by atoms with E-state index in [4.69, 9.17) is 0 Å². The quantitative estimate of drug-likeness (QED) is 0.721. The molecule has 0 aliphatic heterocycles. The summed E-state index contributed by atoms with van der Waals surface area (Å²) in [6, 6.07) is 0.895. The number of nitrogens with zero attached hydrogens (tertiary/aromatic N) is 1. The molecule has 0 radical (unpaired) electrons. The van der Waals surface area contributed by atoms with E-state index in [0.29, 0.717) is 0 Å². The van der Waals surface area contributed by atoms with Gasteiger partial charge in [-0.25, -0.2) is 18.2 Å². The van der Waals surface area contributed by atoms with Crippen molar-refractivity contribution in [1.82, 2.24) is 4.98 Å². The average Bonchev–Trinajstić information content (AvgIpc) is 1.82. The molecule has 0 unspecified atom stereocenters. The van der Waals surface area contributed by atoms with Crippen molar-refractivity contribution in [1.29, 1.82) is 0 Å². The van der Waals surface area contributed by atoms with Crippen LogP contribution >= 0.6 is 31.9 Å². The SMILES string of the molecule is Fc1cc(Br)nc(Br)c1C(F)F. The Morgan fingerprint density at radius 3 is 2.33 bits per heavy atom. The lowest BCUT2D eigenvalue weighted by atomic mass is 10.3. The maximum atomic E-state index is 12.8. The van der Waals surface area contributed by atoms with Crippen LogP contribution in [0.5, 0.6) is 0 Å². The monoisotopic (exact) mass is 303 g/mol. The van der Waals surface area contributed by atoms with E-state index < -0.39 is 17.8 Å². The van der Waals surface area contributed by atoms with E-state index in [1.807, 2.05) is 0 Å². The summed E-state index contributed by atoms with van der Waals surface area (Å²) in [7, 11) is 0. The van der Waals surface area contributed by atoms with Crippen molar-refractivity contribution < 1.29 is 13.2 Å². The maximum Gasteiger partial charge on any atom is 0.269 e. The van der Waals surface area contributed by atoms with Gasteiger partial charge in [0.25, 0.3) is 6.43 Å². The summed E-state index contributed by atoms with van der Waals surface area (Å²) in [5.74, 6) is -0.973. The van der Waals surface area contributed by atoms with Crippen LogP contribution in [0.15, 0.2) is 15.3 Å². The Balaban J connectivity index is 3.28. The minimum absolute atomic E-state index is 0.177. The second kappa shape index (κ2) is 3.74. The van der Waals surface area contributed by atoms with Crippen LogP contribution in [0, 0.1) is 5.82 Å². The molecule has 0 aromatic carbocycles. The van der Waals surface area contributed by atoms with Crippen molar-refractivity contribution in [2.75, 3.05) is 0 Å². The van der Waals surface area contributed by atoms with E-state index in [0.717, 1.165) is 6.07 Å². The molecule has 1 heterocycles. The fourth-order valence-electron chi connectivity index (χ4n) is 0.661. The molecule has 0 saturated heterocycles. The highest BCUT2D eigenvalue weighted by atomic mass is 79.9. The van der Waals surface area contributed by atoms with E-state index in [-0.39, 0.29) is 9.21 Å². The Morgan fingerprint density at radius 1 is 1.33 bits per heavy atom. The molecule has 0 spiro atoms. The summed E-state index contributed by atoms with van der Waals surface area (Å²) in [5.41, 5.74) is -0.710. The van der Waals surface area contributed by atoms with E-state index in [1.54, 1.807) is 0 Å². The van der Waals surface area contributed by atoms with Crippen molar-refractivity contribution in [3.63, 3.8) is 0 Å². The molecule has 66 valence electrons. The molecule has 1 nitrogen and oxygen atoms in total. The standard InChI is InChI=1S/C6H2Br2F3N/c7-3-1-2(9)4(6(10)11)5(8)12-3/h1,6H. The lowest BCUT2D eigenvalue weighted by molar-refractivity contribution is 0.144. The van der Waals surface area contributed by atoms with Gasteiger partial charge in [0.15, 0.2) is 0 Å². The van der Waals surface area contributed by atoms with Gasteiger partial charge in [0.05, 0.1) is 5.56 Å². The summed E-state index contributed by atoms with van der Waals surface area (Å²) in [4.78, 5) is 3.57. The zero-order valence-electron chi connectivity index (χ0n) is 5.49. The first kappa shape index (κ1) is 9.98. The van der Waals surface area contributed by atoms with Crippen LogP contribution in [0.3, 0.4) is 0 Å². The number of alkyl halides is 2. The van der Waals surface area contributed by atoms with Crippen molar-refractivity contribution in [3.05, 3.63) is 26.7 Å². The first-order chi connectivity index (χ1) is 5.52. The Hall–Kier alpha value is -0.100. The maximum absolute atomic E-state index is 12.8. The van der Waals surface area contributed by atoms with Crippen LogP contribution in [0.2, 0.25) is 0 Å². The fraction of sp³-hybridized carbons (Fsp3) is 0.167. The summed E-state index contributed by atoms with van der Waals surface area (Å²) in [6.07, 6.45) is -2.86. The minimum atomic E-state index is -2.86. The van der Waals surface area contributed by atoms with Crippen LogP contribution in [0.25, 0.3) is 0 Å². The van der Waals surface area contributed by atoms with Gasteiger partial charge in [-0.3, -0.25) is 0 Å². The highest BCUT2D eigenvalue weighted by Gasteiger charge is 2.18. The molecule has 0 aliphatic rings. The largest absolute Gasteiger partial charge is 0.269 e. The molecule has 1 aromatic rings. The van der Waals surface area contributed by atoms with Crippen molar-refractivity contribution in [2.24, 2.45) is 0 Å². The number of rotatable bonds is 1. The molecule has 6 heteroatoms. The summed E-state index contributed by atoms with van der Waals surface area (Å²) >= 11 is 5.61. The molecular weight excluding hydrogens is 303 g/mol. The van der Waals surface area contributed by atoms with E-state index in [2.05, 4.69) is 36.8 Å². The fourth-order valence-corrected chi connectivity index (χ4v) is 1.83. The second-order valence-corrected chi connectivity index (χ2v) is 3.50. The van der Waals surface area contributed by atoms with Crippen molar-refractivity contribution >= 4 is 31.9 Å². The summed E-state index contributed by atoms with van der Waals surface area (Å²) in [6.45, 7) is 0. The predicted octanol–water partition coefficient (Wildman–Crippen LogP) is 3.68. The minimum Gasteiger partial charge on any atom is -0.233 e. The lowest BCUT2D eigenvalue weighted by Crippen LogP contribution is -1.95. The van der Waals surface area contributed by atoms with Crippen LogP contribution < -0.4 is 0 Å². The number of hydrogen-bond donors (Lipinski definition) is 0. The third-order valence-electron chi connectivity index (χ3n) is 1.15. The third kappa shape index (κ3) is 1.98. The Labute approximate surface area is 83.2 Å². The average molecular weight is 305 g/mol. The van der Waals surface area contributed by atoms with Crippen LogP contribution in [0.1, 0.15) is 12.0 Å². The molecule has 0 fully saturated rings. The zero-order chi connectivity index (χ0) is 9.30. The van der Waals surface area contributed by atoms with Crippen LogP contribution in [-0.2, 0) is 0 Å². The van der Waals surface area contributed by atoms with E-state index >= 15 is 0 Å². The topological polar surface area (TPSA) is 12.9 Å². The molecule has 0 N–H and O–H groups in total. The molecule has 12 heavy (non-hydrogen) atoms. The van der Waals surface area contributed by atoms with Gasteiger partial charge in [0.1, 0.15) is 15.0 Å². The van der Waals surface area contributed by atoms with Crippen LogP contribution in [-0.4, -0.2) is 4.98 Å². The van der Waals surface area contributed by atoms with Gasteiger partial charge in [-0.15, -0.1) is 0 Å². The van der Waals surface area contributed by atoms with Gasteiger partial charge in [-0.1, -0.05) is 0 Å².